The van der Waals surface area contributed by atoms with Crippen molar-refractivity contribution in [2.45, 2.75) is 0 Å². The van der Waals surface area contributed by atoms with E-state index in [4.69, 9.17) is 4.42 Å². The van der Waals surface area contributed by atoms with Gasteiger partial charge in [-0.15, -0.1) is 11.3 Å². The van der Waals surface area contributed by atoms with Gasteiger partial charge in [-0.05, 0) is 24.3 Å². The molecule has 0 unspecified atom stereocenters. The molecule has 0 atom stereocenters. The van der Waals surface area contributed by atoms with Crippen LogP contribution in [-0.4, -0.2) is 0 Å². The summed E-state index contributed by atoms with van der Waals surface area (Å²) in [6.07, 6.45) is 0. The minimum atomic E-state index is 0.965. The Morgan fingerprint density at radius 1 is 0.650 bits per heavy atom. The molecular weight excluding hydrogens is 264 g/mol. The smallest absolute Gasteiger partial charge is 0.136 e. The van der Waals surface area contributed by atoms with Crippen LogP contribution in [0.5, 0.6) is 0 Å². The second kappa shape index (κ2) is 3.62. The predicted octanol–water partition coefficient (Wildman–Crippen LogP) is 5.95. The maximum absolute atomic E-state index is 5.96. The molecule has 0 saturated heterocycles. The van der Waals surface area contributed by atoms with Crippen LogP contribution in [0.4, 0.5) is 0 Å². The summed E-state index contributed by atoms with van der Waals surface area (Å²) in [5, 5.41) is 5.11. The molecule has 0 aliphatic rings. The largest absolute Gasteiger partial charge is 0.456 e. The van der Waals surface area contributed by atoms with E-state index in [0.717, 1.165) is 11.2 Å². The van der Waals surface area contributed by atoms with Gasteiger partial charge in [0.2, 0.25) is 0 Å². The molecule has 20 heavy (non-hydrogen) atoms. The fraction of sp³-hybridized carbons (Fsp3) is 0. The quantitative estimate of drug-likeness (QED) is 0.340. The number of furan rings is 1. The third kappa shape index (κ3) is 1.22. The number of rotatable bonds is 0. The summed E-state index contributed by atoms with van der Waals surface area (Å²) in [5.41, 5.74) is 1.94. The van der Waals surface area contributed by atoms with Crippen molar-refractivity contribution in [3.63, 3.8) is 0 Å². The molecule has 1 nitrogen and oxygen atoms in total. The summed E-state index contributed by atoms with van der Waals surface area (Å²) >= 11 is 1.85. The van der Waals surface area contributed by atoms with Gasteiger partial charge in [-0.3, -0.25) is 0 Å². The highest BCUT2D eigenvalue weighted by atomic mass is 32.1. The molecule has 5 rings (SSSR count). The van der Waals surface area contributed by atoms with E-state index in [1.807, 2.05) is 23.5 Å². The van der Waals surface area contributed by atoms with Crippen LogP contribution in [0.15, 0.2) is 65.1 Å². The Hall–Kier alpha value is -2.32. The van der Waals surface area contributed by atoms with Crippen molar-refractivity contribution in [1.82, 2.24) is 0 Å². The van der Waals surface area contributed by atoms with E-state index >= 15 is 0 Å². The van der Waals surface area contributed by atoms with E-state index < -0.39 is 0 Å². The highest BCUT2D eigenvalue weighted by molar-refractivity contribution is 7.26. The zero-order valence-electron chi connectivity index (χ0n) is 10.6. The summed E-state index contributed by atoms with van der Waals surface area (Å²) in [6.45, 7) is 0. The molecule has 0 saturated carbocycles. The maximum Gasteiger partial charge on any atom is 0.136 e. The number of hydrogen-bond acceptors (Lipinski definition) is 2. The molecule has 3 aromatic carbocycles. The Balaban J connectivity index is 2.14. The zero-order valence-corrected chi connectivity index (χ0v) is 11.4. The van der Waals surface area contributed by atoms with E-state index in [1.165, 1.54) is 30.9 Å². The molecule has 0 bridgehead atoms. The van der Waals surface area contributed by atoms with Gasteiger partial charge in [-0.2, -0.15) is 0 Å². The summed E-state index contributed by atoms with van der Waals surface area (Å²) in [4.78, 5) is 0. The van der Waals surface area contributed by atoms with Gasteiger partial charge < -0.3 is 4.42 Å². The molecule has 94 valence electrons. The molecule has 0 radical (unpaired) electrons. The fourth-order valence-electron chi connectivity index (χ4n) is 2.99. The lowest BCUT2D eigenvalue weighted by molar-refractivity contribution is 0.669. The van der Waals surface area contributed by atoms with Gasteiger partial charge in [0.15, 0.2) is 0 Å². The van der Waals surface area contributed by atoms with Crippen LogP contribution in [0.3, 0.4) is 0 Å². The van der Waals surface area contributed by atoms with Gasteiger partial charge >= 0.3 is 0 Å². The van der Waals surface area contributed by atoms with Gasteiger partial charge in [0.25, 0.3) is 0 Å². The van der Waals surface area contributed by atoms with Crippen molar-refractivity contribution in [2.24, 2.45) is 0 Å². The summed E-state index contributed by atoms with van der Waals surface area (Å²) < 4.78 is 8.62. The molecule has 0 fully saturated rings. The third-order valence-electron chi connectivity index (χ3n) is 3.89. The summed E-state index contributed by atoms with van der Waals surface area (Å²) in [5.74, 6) is 0. The molecule has 0 aliphatic carbocycles. The van der Waals surface area contributed by atoms with E-state index in [2.05, 4.69) is 48.5 Å². The molecule has 5 aromatic rings. The summed E-state index contributed by atoms with van der Waals surface area (Å²) in [7, 11) is 0. The lowest BCUT2D eigenvalue weighted by atomic mass is 10.1. The third-order valence-corrected chi connectivity index (χ3v) is 5.09. The van der Waals surface area contributed by atoms with Gasteiger partial charge in [0.1, 0.15) is 11.2 Å². The van der Waals surface area contributed by atoms with Gasteiger partial charge in [-0.1, -0.05) is 36.4 Å². The second-order valence-electron chi connectivity index (χ2n) is 5.01. The lowest BCUT2D eigenvalue weighted by Gasteiger charge is -1.93. The topological polar surface area (TPSA) is 13.1 Å². The molecule has 0 spiro atoms. The highest BCUT2D eigenvalue weighted by Gasteiger charge is 2.13. The van der Waals surface area contributed by atoms with Crippen molar-refractivity contribution in [3.8, 4) is 0 Å². The van der Waals surface area contributed by atoms with Gasteiger partial charge in [-0.25, -0.2) is 0 Å². The Bertz CT molecular complexity index is 1100. The summed E-state index contributed by atoms with van der Waals surface area (Å²) in [6, 6.07) is 21.1. The van der Waals surface area contributed by atoms with E-state index in [1.54, 1.807) is 0 Å². The number of hydrogen-bond donors (Lipinski definition) is 0. The molecule has 0 amide bonds. The molecular formula is C18H10OS. The minimum absolute atomic E-state index is 0.965. The average Bonchev–Trinajstić information content (AvgIpc) is 3.04. The molecule has 2 aromatic heterocycles. The zero-order chi connectivity index (χ0) is 13.1. The van der Waals surface area contributed by atoms with Crippen molar-refractivity contribution < 1.29 is 4.42 Å². The first-order valence-corrected chi connectivity index (χ1v) is 7.45. The fourth-order valence-corrected chi connectivity index (χ4v) is 4.25. The van der Waals surface area contributed by atoms with Crippen LogP contribution in [0.2, 0.25) is 0 Å². The number of thiophene rings is 1. The van der Waals surface area contributed by atoms with Crippen LogP contribution in [0.1, 0.15) is 0 Å². The van der Waals surface area contributed by atoms with Crippen LogP contribution in [0, 0.1) is 0 Å². The van der Waals surface area contributed by atoms with Crippen LogP contribution in [-0.2, 0) is 0 Å². The van der Waals surface area contributed by atoms with Crippen molar-refractivity contribution >= 4 is 53.4 Å². The average molecular weight is 274 g/mol. The van der Waals surface area contributed by atoms with Crippen molar-refractivity contribution in [3.05, 3.63) is 60.7 Å². The van der Waals surface area contributed by atoms with E-state index in [0.29, 0.717) is 0 Å². The Morgan fingerprint density at radius 2 is 1.45 bits per heavy atom. The maximum atomic E-state index is 5.96. The van der Waals surface area contributed by atoms with Gasteiger partial charge in [0, 0.05) is 30.9 Å². The number of benzene rings is 3. The van der Waals surface area contributed by atoms with Crippen LogP contribution < -0.4 is 0 Å². The first-order valence-electron chi connectivity index (χ1n) is 6.63. The molecule has 0 N–H and O–H groups in total. The van der Waals surface area contributed by atoms with Crippen LogP contribution in [0.25, 0.3) is 42.1 Å². The highest BCUT2D eigenvalue weighted by Crippen LogP contribution is 2.41. The van der Waals surface area contributed by atoms with Crippen molar-refractivity contribution in [1.29, 1.82) is 0 Å². The standard InChI is InChI=1S/C18H10OS/c1-3-7-14-13(6-1)17-15(19-14)10-9-12-11-5-2-4-8-16(11)20-18(12)17/h1-10H. The number of fused-ring (bicyclic) bond motifs is 7. The van der Waals surface area contributed by atoms with Crippen molar-refractivity contribution in [2.75, 3.05) is 0 Å². The van der Waals surface area contributed by atoms with Crippen LogP contribution >= 0.6 is 11.3 Å². The SMILES string of the molecule is c1ccc2c(c1)oc1ccc3c4ccccc4sc3c12. The second-order valence-corrected chi connectivity index (χ2v) is 6.06. The molecule has 2 heterocycles. The number of para-hydroxylation sites is 1. The first kappa shape index (κ1) is 10.5. The normalized spacial score (nSPS) is 12.0. The first-order chi connectivity index (χ1) is 9.92. The Morgan fingerprint density at radius 3 is 2.40 bits per heavy atom. The monoisotopic (exact) mass is 274 g/mol. The molecule has 2 heteroatoms. The Kier molecular flexibility index (Phi) is 1.89. The Labute approximate surface area is 119 Å². The lowest BCUT2D eigenvalue weighted by Crippen LogP contribution is -1.68. The van der Waals surface area contributed by atoms with E-state index in [-0.39, 0.29) is 0 Å². The predicted molar refractivity (Wildman–Crippen MR) is 86.6 cm³/mol. The van der Waals surface area contributed by atoms with E-state index in [9.17, 15) is 0 Å². The minimum Gasteiger partial charge on any atom is -0.456 e. The molecule has 0 aliphatic heterocycles. The van der Waals surface area contributed by atoms with Gasteiger partial charge in [0.05, 0.1) is 0 Å².